The largest absolute Gasteiger partial charge is 0.477 e. The first-order valence-electron chi connectivity index (χ1n) is 6.40. The number of aliphatic imine (C=N–C) groups is 1. The van der Waals surface area contributed by atoms with E-state index in [9.17, 15) is 0 Å². The average molecular weight is 258 g/mol. The molecule has 100 valence electrons. The molecule has 0 spiro atoms. The lowest BCUT2D eigenvalue weighted by Crippen LogP contribution is -2.07. The topological polar surface area (TPSA) is 47.6 Å². The SMILES string of the molecule is CCCO/C(=N\c1ccc(C)cc1)c1cnoc1C. The van der Waals surface area contributed by atoms with Crippen molar-refractivity contribution in [1.29, 1.82) is 0 Å². The number of ether oxygens (including phenoxy) is 1. The van der Waals surface area contributed by atoms with E-state index in [0.717, 1.165) is 17.7 Å². The predicted octanol–water partition coefficient (Wildman–Crippen LogP) is 3.80. The first kappa shape index (κ1) is 13.3. The highest BCUT2D eigenvalue weighted by Crippen LogP contribution is 2.17. The van der Waals surface area contributed by atoms with E-state index in [0.29, 0.717) is 18.3 Å². The van der Waals surface area contributed by atoms with Gasteiger partial charge >= 0.3 is 0 Å². The first-order chi connectivity index (χ1) is 9.20. The molecule has 0 saturated heterocycles. The highest BCUT2D eigenvalue weighted by Gasteiger charge is 2.12. The minimum Gasteiger partial charge on any atom is -0.477 e. The summed E-state index contributed by atoms with van der Waals surface area (Å²) in [7, 11) is 0. The van der Waals surface area contributed by atoms with Gasteiger partial charge in [-0.15, -0.1) is 0 Å². The van der Waals surface area contributed by atoms with Crippen LogP contribution in [-0.2, 0) is 4.74 Å². The second-order valence-corrected chi connectivity index (χ2v) is 4.40. The molecule has 19 heavy (non-hydrogen) atoms. The van der Waals surface area contributed by atoms with Crippen LogP contribution in [-0.4, -0.2) is 17.7 Å². The van der Waals surface area contributed by atoms with Gasteiger partial charge in [0.2, 0.25) is 5.90 Å². The zero-order chi connectivity index (χ0) is 13.7. The minimum absolute atomic E-state index is 0.560. The molecule has 0 amide bonds. The van der Waals surface area contributed by atoms with Crippen LogP contribution in [0.5, 0.6) is 0 Å². The Morgan fingerprint density at radius 2 is 2.00 bits per heavy atom. The van der Waals surface area contributed by atoms with Crippen LogP contribution in [0.2, 0.25) is 0 Å². The fraction of sp³-hybridized carbons (Fsp3) is 0.333. The summed E-state index contributed by atoms with van der Waals surface area (Å²) in [5, 5.41) is 3.77. The van der Waals surface area contributed by atoms with E-state index < -0.39 is 0 Å². The summed E-state index contributed by atoms with van der Waals surface area (Å²) in [6, 6.07) is 7.98. The maximum Gasteiger partial charge on any atom is 0.226 e. The van der Waals surface area contributed by atoms with E-state index in [1.54, 1.807) is 6.20 Å². The molecule has 0 saturated carbocycles. The molecule has 2 rings (SSSR count). The molecule has 1 aromatic carbocycles. The van der Waals surface area contributed by atoms with Crippen molar-refractivity contribution in [2.24, 2.45) is 4.99 Å². The van der Waals surface area contributed by atoms with Crippen molar-refractivity contribution in [2.45, 2.75) is 27.2 Å². The van der Waals surface area contributed by atoms with Crippen LogP contribution in [0.25, 0.3) is 0 Å². The van der Waals surface area contributed by atoms with Crippen molar-refractivity contribution in [1.82, 2.24) is 5.16 Å². The van der Waals surface area contributed by atoms with Crippen molar-refractivity contribution >= 4 is 11.6 Å². The lowest BCUT2D eigenvalue weighted by molar-refractivity contribution is 0.305. The number of hydrogen-bond acceptors (Lipinski definition) is 4. The van der Waals surface area contributed by atoms with Gasteiger partial charge in [0.25, 0.3) is 0 Å². The first-order valence-corrected chi connectivity index (χ1v) is 6.40. The van der Waals surface area contributed by atoms with E-state index in [1.165, 1.54) is 5.56 Å². The summed E-state index contributed by atoms with van der Waals surface area (Å²) in [5.41, 5.74) is 2.86. The summed E-state index contributed by atoms with van der Waals surface area (Å²) in [4.78, 5) is 4.53. The van der Waals surface area contributed by atoms with Crippen molar-refractivity contribution < 1.29 is 9.26 Å². The van der Waals surface area contributed by atoms with Gasteiger partial charge in [0.05, 0.1) is 24.1 Å². The monoisotopic (exact) mass is 258 g/mol. The Kier molecular flexibility index (Phi) is 4.34. The standard InChI is InChI=1S/C15H18N2O2/c1-4-9-18-15(14-10-16-19-12(14)3)17-13-7-5-11(2)6-8-13/h5-8,10H,4,9H2,1-3H3/b17-15-. The molecule has 0 N–H and O–H groups in total. The maximum atomic E-state index is 5.70. The highest BCUT2D eigenvalue weighted by molar-refractivity contribution is 5.96. The number of aromatic nitrogens is 1. The van der Waals surface area contributed by atoms with Gasteiger partial charge in [-0.3, -0.25) is 0 Å². The van der Waals surface area contributed by atoms with Crippen LogP contribution < -0.4 is 0 Å². The minimum atomic E-state index is 0.560. The molecule has 0 aliphatic rings. The Balaban J connectivity index is 2.32. The van der Waals surface area contributed by atoms with Crippen molar-refractivity contribution in [3.63, 3.8) is 0 Å². The van der Waals surface area contributed by atoms with Gasteiger partial charge in [-0.2, -0.15) is 0 Å². The summed E-state index contributed by atoms with van der Waals surface area (Å²) in [6.45, 7) is 6.58. The third-order valence-electron chi connectivity index (χ3n) is 2.69. The Morgan fingerprint density at radius 1 is 1.26 bits per heavy atom. The van der Waals surface area contributed by atoms with Crippen LogP contribution >= 0.6 is 0 Å². The highest BCUT2D eigenvalue weighted by atomic mass is 16.5. The number of benzene rings is 1. The molecular formula is C15H18N2O2. The smallest absolute Gasteiger partial charge is 0.226 e. The fourth-order valence-electron chi connectivity index (χ4n) is 1.61. The van der Waals surface area contributed by atoms with E-state index in [-0.39, 0.29) is 0 Å². The fourth-order valence-corrected chi connectivity index (χ4v) is 1.61. The quantitative estimate of drug-likeness (QED) is 0.619. The van der Waals surface area contributed by atoms with Crippen LogP contribution in [0.1, 0.15) is 30.2 Å². The van der Waals surface area contributed by atoms with E-state index >= 15 is 0 Å². The molecule has 1 aromatic heterocycles. The maximum absolute atomic E-state index is 5.70. The molecule has 4 heteroatoms. The second kappa shape index (κ2) is 6.18. The number of hydrogen-bond donors (Lipinski definition) is 0. The molecule has 1 heterocycles. The Bertz CT molecular complexity index is 556. The number of aryl methyl sites for hydroxylation is 2. The lowest BCUT2D eigenvalue weighted by Gasteiger charge is -2.07. The Labute approximate surface area is 113 Å². The lowest BCUT2D eigenvalue weighted by atomic mass is 10.2. The molecule has 0 atom stereocenters. The zero-order valence-electron chi connectivity index (χ0n) is 11.5. The van der Waals surface area contributed by atoms with E-state index in [1.807, 2.05) is 38.1 Å². The second-order valence-electron chi connectivity index (χ2n) is 4.40. The third kappa shape index (κ3) is 3.44. The van der Waals surface area contributed by atoms with Gasteiger partial charge in [-0.05, 0) is 32.4 Å². The molecule has 0 fully saturated rings. The molecule has 0 unspecified atom stereocenters. The van der Waals surface area contributed by atoms with Crippen molar-refractivity contribution in [3.05, 3.63) is 47.3 Å². The van der Waals surface area contributed by atoms with Gasteiger partial charge in [0, 0.05) is 0 Å². The predicted molar refractivity (Wildman–Crippen MR) is 74.9 cm³/mol. The van der Waals surface area contributed by atoms with E-state index in [2.05, 4.69) is 17.1 Å². The van der Waals surface area contributed by atoms with Crippen LogP contribution in [0, 0.1) is 13.8 Å². The van der Waals surface area contributed by atoms with E-state index in [4.69, 9.17) is 9.26 Å². The molecule has 0 aliphatic carbocycles. The van der Waals surface area contributed by atoms with Gasteiger partial charge in [0.15, 0.2) is 0 Å². The van der Waals surface area contributed by atoms with Gasteiger partial charge in [-0.25, -0.2) is 4.99 Å². The summed E-state index contributed by atoms with van der Waals surface area (Å²) >= 11 is 0. The van der Waals surface area contributed by atoms with Gasteiger partial charge < -0.3 is 9.26 Å². The Morgan fingerprint density at radius 3 is 2.58 bits per heavy atom. The molecule has 0 bridgehead atoms. The normalized spacial score (nSPS) is 11.6. The average Bonchev–Trinajstić information content (AvgIpc) is 2.83. The third-order valence-corrected chi connectivity index (χ3v) is 2.69. The van der Waals surface area contributed by atoms with Gasteiger partial charge in [-0.1, -0.05) is 29.8 Å². The molecule has 4 nitrogen and oxygen atoms in total. The van der Waals surface area contributed by atoms with Crippen molar-refractivity contribution in [2.75, 3.05) is 6.61 Å². The zero-order valence-corrected chi connectivity index (χ0v) is 11.5. The summed E-state index contributed by atoms with van der Waals surface area (Å²) in [6.07, 6.45) is 2.56. The summed E-state index contributed by atoms with van der Waals surface area (Å²) < 4.78 is 10.8. The van der Waals surface area contributed by atoms with Crippen LogP contribution in [0.15, 0.2) is 40.0 Å². The van der Waals surface area contributed by atoms with Crippen LogP contribution in [0.4, 0.5) is 5.69 Å². The molecular weight excluding hydrogens is 240 g/mol. The molecule has 0 radical (unpaired) electrons. The summed E-state index contributed by atoms with van der Waals surface area (Å²) in [5.74, 6) is 1.27. The molecule has 2 aromatic rings. The number of nitrogens with zero attached hydrogens (tertiary/aromatic N) is 2. The van der Waals surface area contributed by atoms with Crippen molar-refractivity contribution in [3.8, 4) is 0 Å². The molecule has 0 aliphatic heterocycles. The number of rotatable bonds is 4. The Hall–Kier alpha value is -2.10. The van der Waals surface area contributed by atoms with Gasteiger partial charge in [0.1, 0.15) is 5.76 Å². The van der Waals surface area contributed by atoms with Crippen LogP contribution in [0.3, 0.4) is 0 Å².